The van der Waals surface area contributed by atoms with Crippen LogP contribution in [0.25, 0.3) is 0 Å². The van der Waals surface area contributed by atoms with E-state index in [4.69, 9.17) is 0 Å². The number of benzene rings is 1. The van der Waals surface area contributed by atoms with Crippen LogP contribution in [0.5, 0.6) is 0 Å². The molecule has 0 spiro atoms. The molecule has 1 aliphatic rings. The van der Waals surface area contributed by atoms with Crippen LogP contribution in [0.2, 0.25) is 0 Å². The Morgan fingerprint density at radius 1 is 1.42 bits per heavy atom. The van der Waals surface area contributed by atoms with Crippen molar-refractivity contribution < 1.29 is 9.59 Å². The van der Waals surface area contributed by atoms with Gasteiger partial charge in [-0.1, -0.05) is 28.1 Å². The fourth-order valence-electron chi connectivity index (χ4n) is 2.16. The van der Waals surface area contributed by atoms with Gasteiger partial charge in [0.25, 0.3) is 0 Å². The molecule has 1 atom stereocenters. The third-order valence-electron chi connectivity index (χ3n) is 3.42. The molecule has 4 nitrogen and oxygen atoms in total. The van der Waals surface area contributed by atoms with E-state index in [1.807, 2.05) is 19.1 Å². The summed E-state index contributed by atoms with van der Waals surface area (Å²) >= 11 is 3.46. The average molecular weight is 325 g/mol. The van der Waals surface area contributed by atoms with Crippen LogP contribution in [0.3, 0.4) is 0 Å². The molecule has 102 valence electrons. The molecule has 1 N–H and O–H groups in total. The highest BCUT2D eigenvalue weighted by Gasteiger charge is 2.31. The highest BCUT2D eigenvalue weighted by molar-refractivity contribution is 9.10. The van der Waals surface area contributed by atoms with Gasteiger partial charge in [0.05, 0.1) is 6.04 Å². The summed E-state index contributed by atoms with van der Waals surface area (Å²) in [4.78, 5) is 24.5. The quantitative estimate of drug-likeness (QED) is 0.865. The van der Waals surface area contributed by atoms with Gasteiger partial charge in [0, 0.05) is 24.5 Å². The van der Waals surface area contributed by atoms with Gasteiger partial charge < -0.3 is 5.32 Å². The lowest BCUT2D eigenvalue weighted by Crippen LogP contribution is -2.51. The number of halogens is 1. The number of imide groups is 1. The van der Waals surface area contributed by atoms with Gasteiger partial charge in [-0.25, -0.2) is 0 Å². The molecular formula is C14H17BrN2O2. The zero-order valence-electron chi connectivity index (χ0n) is 11.1. The molecule has 1 aliphatic heterocycles. The highest BCUT2D eigenvalue weighted by atomic mass is 79.9. The van der Waals surface area contributed by atoms with Crippen LogP contribution in [0.15, 0.2) is 22.7 Å². The number of aryl methyl sites for hydroxylation is 1. The van der Waals surface area contributed by atoms with Crippen molar-refractivity contribution >= 4 is 27.7 Å². The Labute approximate surface area is 121 Å². The summed E-state index contributed by atoms with van der Waals surface area (Å²) in [6, 6.07) is 5.85. The average Bonchev–Trinajstić information content (AvgIpc) is 2.39. The van der Waals surface area contributed by atoms with Gasteiger partial charge in [-0.15, -0.1) is 0 Å². The van der Waals surface area contributed by atoms with Gasteiger partial charge in [-0.05, 0) is 30.5 Å². The number of likely N-dealkylation sites (N-methyl/N-ethyl adjacent to an activating group) is 1. The maximum Gasteiger partial charge on any atom is 0.246 e. The molecule has 0 aliphatic carbocycles. The van der Waals surface area contributed by atoms with Crippen molar-refractivity contribution in [2.45, 2.75) is 32.4 Å². The van der Waals surface area contributed by atoms with E-state index < -0.39 is 0 Å². The monoisotopic (exact) mass is 324 g/mol. The molecule has 0 radical (unpaired) electrons. The molecule has 1 fully saturated rings. The van der Waals surface area contributed by atoms with E-state index >= 15 is 0 Å². The lowest BCUT2D eigenvalue weighted by Gasteiger charge is -2.28. The normalized spacial score (nSPS) is 19.9. The second-order valence-electron chi connectivity index (χ2n) is 4.85. The summed E-state index contributed by atoms with van der Waals surface area (Å²) in [5.41, 5.74) is 2.30. The van der Waals surface area contributed by atoms with Crippen molar-refractivity contribution in [1.29, 1.82) is 0 Å². The lowest BCUT2D eigenvalue weighted by molar-refractivity contribution is -0.148. The zero-order chi connectivity index (χ0) is 14.0. The van der Waals surface area contributed by atoms with Crippen LogP contribution in [0, 0.1) is 6.92 Å². The molecule has 2 rings (SSSR count). The van der Waals surface area contributed by atoms with Crippen LogP contribution >= 0.6 is 15.9 Å². The second-order valence-corrected chi connectivity index (χ2v) is 5.70. The number of hydrogen-bond acceptors (Lipinski definition) is 3. The van der Waals surface area contributed by atoms with Gasteiger partial charge in [-0.2, -0.15) is 0 Å². The van der Waals surface area contributed by atoms with E-state index in [1.165, 1.54) is 10.5 Å². The molecule has 1 heterocycles. The first-order valence-electron chi connectivity index (χ1n) is 6.28. The summed E-state index contributed by atoms with van der Waals surface area (Å²) < 4.78 is 1.08. The maximum atomic E-state index is 11.9. The largest absolute Gasteiger partial charge is 0.302 e. The van der Waals surface area contributed by atoms with Crippen LogP contribution in [0.1, 0.15) is 24.0 Å². The van der Waals surface area contributed by atoms with Crippen LogP contribution < -0.4 is 5.32 Å². The second kappa shape index (κ2) is 5.84. The number of nitrogens with zero attached hydrogens (tertiary/aromatic N) is 1. The number of carbonyl (C=O) groups excluding carboxylic acids is 2. The SMILES string of the molecule is Cc1cc(CNC2CCC(=O)N(C)C2=O)ccc1Br. The Balaban J connectivity index is 1.97. The summed E-state index contributed by atoms with van der Waals surface area (Å²) in [7, 11) is 1.54. The van der Waals surface area contributed by atoms with Crippen molar-refractivity contribution in [2.75, 3.05) is 7.05 Å². The summed E-state index contributed by atoms with van der Waals surface area (Å²) in [5, 5.41) is 3.23. The summed E-state index contributed by atoms with van der Waals surface area (Å²) in [5.74, 6) is -0.229. The van der Waals surface area contributed by atoms with E-state index in [1.54, 1.807) is 7.05 Å². The van der Waals surface area contributed by atoms with E-state index in [9.17, 15) is 9.59 Å². The molecule has 1 saturated heterocycles. The van der Waals surface area contributed by atoms with E-state index in [-0.39, 0.29) is 17.9 Å². The zero-order valence-corrected chi connectivity index (χ0v) is 12.7. The lowest BCUT2D eigenvalue weighted by atomic mass is 10.0. The van der Waals surface area contributed by atoms with Crippen LogP contribution in [-0.2, 0) is 16.1 Å². The smallest absolute Gasteiger partial charge is 0.246 e. The topological polar surface area (TPSA) is 49.4 Å². The minimum atomic E-state index is -0.258. The third kappa shape index (κ3) is 3.22. The Kier molecular flexibility index (Phi) is 4.37. The number of piperidine rings is 1. The minimum absolute atomic E-state index is 0.0949. The predicted molar refractivity (Wildman–Crippen MR) is 76.5 cm³/mol. The fourth-order valence-corrected chi connectivity index (χ4v) is 2.41. The molecule has 0 aromatic heterocycles. The Morgan fingerprint density at radius 2 is 2.16 bits per heavy atom. The minimum Gasteiger partial charge on any atom is -0.302 e. The van der Waals surface area contributed by atoms with Crippen molar-refractivity contribution in [3.63, 3.8) is 0 Å². The Hall–Kier alpha value is -1.20. The molecule has 19 heavy (non-hydrogen) atoms. The molecular weight excluding hydrogens is 308 g/mol. The van der Waals surface area contributed by atoms with E-state index in [2.05, 4.69) is 27.3 Å². The number of hydrogen-bond donors (Lipinski definition) is 1. The number of carbonyl (C=O) groups is 2. The van der Waals surface area contributed by atoms with Gasteiger partial charge in [0.1, 0.15) is 0 Å². The van der Waals surface area contributed by atoms with Crippen molar-refractivity contribution in [1.82, 2.24) is 10.2 Å². The summed E-state index contributed by atoms with van der Waals surface area (Å²) in [6.45, 7) is 2.67. The van der Waals surface area contributed by atoms with Gasteiger partial charge >= 0.3 is 0 Å². The molecule has 0 saturated carbocycles. The highest BCUT2D eigenvalue weighted by Crippen LogP contribution is 2.18. The van der Waals surface area contributed by atoms with Gasteiger partial charge in [0.15, 0.2) is 0 Å². The fraction of sp³-hybridized carbons (Fsp3) is 0.429. The van der Waals surface area contributed by atoms with E-state index in [0.717, 1.165) is 10.0 Å². The van der Waals surface area contributed by atoms with Gasteiger partial charge in [0.2, 0.25) is 11.8 Å². The number of likely N-dealkylation sites (tertiary alicyclic amines) is 1. The number of nitrogens with one attached hydrogen (secondary N) is 1. The summed E-state index contributed by atoms with van der Waals surface area (Å²) in [6.07, 6.45) is 1.01. The first-order chi connectivity index (χ1) is 8.99. The first-order valence-corrected chi connectivity index (χ1v) is 7.07. The van der Waals surface area contributed by atoms with Gasteiger partial charge in [-0.3, -0.25) is 14.5 Å². The van der Waals surface area contributed by atoms with E-state index in [0.29, 0.717) is 19.4 Å². The van der Waals surface area contributed by atoms with Crippen molar-refractivity contribution in [3.8, 4) is 0 Å². The Morgan fingerprint density at radius 3 is 2.84 bits per heavy atom. The van der Waals surface area contributed by atoms with Crippen molar-refractivity contribution in [3.05, 3.63) is 33.8 Å². The van der Waals surface area contributed by atoms with Crippen molar-refractivity contribution in [2.24, 2.45) is 0 Å². The molecule has 1 unspecified atom stereocenters. The number of amides is 2. The standard InChI is InChI=1S/C14H17BrN2O2/c1-9-7-10(3-4-11(9)15)8-16-12-5-6-13(18)17(2)14(12)19/h3-4,7,12,16H,5-6,8H2,1-2H3. The maximum absolute atomic E-state index is 11.9. The van der Waals surface area contributed by atoms with Crippen LogP contribution in [-0.4, -0.2) is 29.8 Å². The first kappa shape index (κ1) is 14.2. The molecule has 1 aromatic rings. The molecule has 5 heteroatoms. The molecule has 0 bridgehead atoms. The number of rotatable bonds is 3. The predicted octanol–water partition coefficient (Wildman–Crippen LogP) is 1.99. The molecule has 1 aromatic carbocycles. The Bertz CT molecular complexity index is 516. The molecule has 2 amide bonds. The van der Waals surface area contributed by atoms with Crippen LogP contribution in [0.4, 0.5) is 0 Å². The third-order valence-corrected chi connectivity index (χ3v) is 4.31.